The Morgan fingerprint density at radius 2 is 1.92 bits per heavy atom. The molecular formula is C9H11NO2. The van der Waals surface area contributed by atoms with E-state index in [1.807, 2.05) is 19.1 Å². The third kappa shape index (κ3) is 2.27. The van der Waals surface area contributed by atoms with Gasteiger partial charge in [0.1, 0.15) is 5.75 Å². The molecule has 12 heavy (non-hydrogen) atoms. The molecule has 1 N–H and O–H groups in total. The summed E-state index contributed by atoms with van der Waals surface area (Å²) in [7, 11) is 1.52. The van der Waals surface area contributed by atoms with Gasteiger partial charge in [0, 0.05) is 7.05 Å². The van der Waals surface area contributed by atoms with Crippen LogP contribution in [0.3, 0.4) is 0 Å². The van der Waals surface area contributed by atoms with Crippen LogP contribution in [0.2, 0.25) is 0 Å². The van der Waals surface area contributed by atoms with Crippen molar-refractivity contribution in [1.82, 2.24) is 5.32 Å². The fourth-order valence-electron chi connectivity index (χ4n) is 0.764. The summed E-state index contributed by atoms with van der Waals surface area (Å²) in [4.78, 5) is 10.7. The van der Waals surface area contributed by atoms with Crippen molar-refractivity contribution in [3.8, 4) is 5.75 Å². The number of hydrogen-bond acceptors (Lipinski definition) is 2. The van der Waals surface area contributed by atoms with E-state index in [4.69, 9.17) is 4.74 Å². The second-order valence-corrected chi connectivity index (χ2v) is 2.45. The van der Waals surface area contributed by atoms with E-state index < -0.39 is 6.09 Å². The van der Waals surface area contributed by atoms with Crippen LogP contribution in [0.5, 0.6) is 5.75 Å². The Morgan fingerprint density at radius 3 is 2.42 bits per heavy atom. The zero-order valence-corrected chi connectivity index (χ0v) is 7.13. The Kier molecular flexibility index (Phi) is 2.69. The van der Waals surface area contributed by atoms with Gasteiger partial charge in [0.05, 0.1) is 0 Å². The highest BCUT2D eigenvalue weighted by Gasteiger charge is 1.98. The van der Waals surface area contributed by atoms with Gasteiger partial charge in [-0.1, -0.05) is 17.7 Å². The molecule has 0 aromatic heterocycles. The molecule has 0 aliphatic rings. The van der Waals surface area contributed by atoms with Crippen LogP contribution in [-0.2, 0) is 0 Å². The molecule has 1 rings (SSSR count). The molecule has 64 valence electrons. The Balaban J connectivity index is 2.64. The predicted molar refractivity (Wildman–Crippen MR) is 46.3 cm³/mol. The Labute approximate surface area is 71.4 Å². The Morgan fingerprint density at radius 1 is 1.33 bits per heavy atom. The minimum absolute atomic E-state index is 0.446. The highest BCUT2D eigenvalue weighted by atomic mass is 16.5. The molecule has 3 nitrogen and oxygen atoms in total. The fraction of sp³-hybridized carbons (Fsp3) is 0.222. The van der Waals surface area contributed by atoms with Crippen molar-refractivity contribution in [2.24, 2.45) is 0 Å². The normalized spacial score (nSPS) is 9.17. The average Bonchev–Trinajstić information content (AvgIpc) is 2.09. The molecule has 1 aromatic rings. The van der Waals surface area contributed by atoms with Crippen LogP contribution < -0.4 is 10.1 Å². The standard InChI is InChI=1S/C9H11NO2/c1-7-3-5-8(6-4-7)12-9(11)10-2/h3-6H,1-2H3,(H,10,11). The summed E-state index contributed by atoms with van der Waals surface area (Å²) in [6.45, 7) is 1.98. The van der Waals surface area contributed by atoms with E-state index in [2.05, 4.69) is 5.32 Å². The maximum atomic E-state index is 10.7. The number of benzene rings is 1. The topological polar surface area (TPSA) is 38.3 Å². The molecule has 0 atom stereocenters. The molecule has 0 aliphatic heterocycles. The number of hydrogen-bond donors (Lipinski definition) is 1. The van der Waals surface area contributed by atoms with Crippen molar-refractivity contribution in [1.29, 1.82) is 0 Å². The van der Waals surface area contributed by atoms with Gasteiger partial charge in [-0.15, -0.1) is 0 Å². The first-order chi connectivity index (χ1) is 5.72. The van der Waals surface area contributed by atoms with Gasteiger partial charge in [0.25, 0.3) is 0 Å². The van der Waals surface area contributed by atoms with Crippen molar-refractivity contribution in [2.45, 2.75) is 6.92 Å². The van der Waals surface area contributed by atoms with E-state index >= 15 is 0 Å². The molecule has 0 fully saturated rings. The smallest absolute Gasteiger partial charge is 0.410 e. The van der Waals surface area contributed by atoms with Crippen molar-refractivity contribution in [2.75, 3.05) is 7.05 Å². The molecule has 0 radical (unpaired) electrons. The highest BCUT2D eigenvalue weighted by Crippen LogP contribution is 2.10. The average molecular weight is 165 g/mol. The second kappa shape index (κ2) is 3.76. The summed E-state index contributed by atoms with van der Waals surface area (Å²) < 4.78 is 4.87. The van der Waals surface area contributed by atoms with Crippen LogP contribution in [0.1, 0.15) is 5.56 Å². The SMILES string of the molecule is CNC(=O)Oc1ccc(C)cc1. The summed E-state index contributed by atoms with van der Waals surface area (Å²) in [5.74, 6) is 0.556. The summed E-state index contributed by atoms with van der Waals surface area (Å²) in [6.07, 6.45) is -0.446. The van der Waals surface area contributed by atoms with Crippen LogP contribution >= 0.6 is 0 Å². The molecule has 0 spiro atoms. The van der Waals surface area contributed by atoms with Crippen molar-refractivity contribution >= 4 is 6.09 Å². The zero-order chi connectivity index (χ0) is 8.97. The van der Waals surface area contributed by atoms with Gasteiger partial charge >= 0.3 is 6.09 Å². The van der Waals surface area contributed by atoms with Crippen LogP contribution in [0.25, 0.3) is 0 Å². The lowest BCUT2D eigenvalue weighted by molar-refractivity contribution is 0.203. The summed E-state index contributed by atoms with van der Waals surface area (Å²) >= 11 is 0. The monoisotopic (exact) mass is 165 g/mol. The van der Waals surface area contributed by atoms with E-state index in [1.54, 1.807) is 12.1 Å². The molecule has 3 heteroatoms. The molecule has 1 amide bonds. The van der Waals surface area contributed by atoms with Gasteiger partial charge in [-0.2, -0.15) is 0 Å². The zero-order valence-electron chi connectivity index (χ0n) is 7.13. The molecule has 0 heterocycles. The van der Waals surface area contributed by atoms with E-state index in [-0.39, 0.29) is 0 Å². The van der Waals surface area contributed by atoms with Crippen LogP contribution in [-0.4, -0.2) is 13.1 Å². The maximum Gasteiger partial charge on any atom is 0.412 e. The quantitative estimate of drug-likeness (QED) is 0.688. The molecule has 1 aromatic carbocycles. The fourth-order valence-corrected chi connectivity index (χ4v) is 0.764. The van der Waals surface area contributed by atoms with Gasteiger partial charge in [-0.25, -0.2) is 4.79 Å². The Bertz CT molecular complexity index is 266. The summed E-state index contributed by atoms with van der Waals surface area (Å²) in [5.41, 5.74) is 1.14. The maximum absolute atomic E-state index is 10.7. The third-order valence-corrected chi connectivity index (χ3v) is 1.44. The molecular weight excluding hydrogens is 154 g/mol. The van der Waals surface area contributed by atoms with Gasteiger partial charge in [-0.05, 0) is 19.1 Å². The van der Waals surface area contributed by atoms with Crippen molar-refractivity contribution in [3.63, 3.8) is 0 Å². The first-order valence-corrected chi connectivity index (χ1v) is 3.68. The lowest BCUT2D eigenvalue weighted by Crippen LogP contribution is -2.21. The number of rotatable bonds is 1. The van der Waals surface area contributed by atoms with E-state index in [1.165, 1.54) is 7.05 Å². The highest BCUT2D eigenvalue weighted by molar-refractivity contribution is 5.69. The molecule has 0 bridgehead atoms. The minimum Gasteiger partial charge on any atom is -0.410 e. The number of carbonyl (C=O) groups excluding carboxylic acids is 1. The number of ether oxygens (including phenoxy) is 1. The van der Waals surface area contributed by atoms with E-state index in [9.17, 15) is 4.79 Å². The minimum atomic E-state index is -0.446. The lowest BCUT2D eigenvalue weighted by atomic mass is 10.2. The number of carbonyl (C=O) groups is 1. The van der Waals surface area contributed by atoms with Crippen molar-refractivity contribution in [3.05, 3.63) is 29.8 Å². The van der Waals surface area contributed by atoms with Gasteiger partial charge in [0.2, 0.25) is 0 Å². The third-order valence-electron chi connectivity index (χ3n) is 1.44. The molecule has 0 saturated heterocycles. The number of aryl methyl sites for hydroxylation is 1. The molecule has 0 aliphatic carbocycles. The van der Waals surface area contributed by atoms with Gasteiger partial charge < -0.3 is 10.1 Å². The van der Waals surface area contributed by atoms with Gasteiger partial charge in [-0.3, -0.25) is 0 Å². The van der Waals surface area contributed by atoms with Crippen LogP contribution in [0.4, 0.5) is 4.79 Å². The van der Waals surface area contributed by atoms with Crippen LogP contribution in [0.15, 0.2) is 24.3 Å². The molecule has 0 saturated carbocycles. The summed E-state index contributed by atoms with van der Waals surface area (Å²) in [6, 6.07) is 7.28. The molecule has 0 unspecified atom stereocenters. The predicted octanol–water partition coefficient (Wildman–Crippen LogP) is 1.71. The Hall–Kier alpha value is -1.51. The van der Waals surface area contributed by atoms with Crippen LogP contribution in [0, 0.1) is 6.92 Å². The largest absolute Gasteiger partial charge is 0.412 e. The number of amides is 1. The first kappa shape index (κ1) is 8.59. The number of nitrogens with one attached hydrogen (secondary N) is 1. The van der Waals surface area contributed by atoms with E-state index in [0.29, 0.717) is 5.75 Å². The first-order valence-electron chi connectivity index (χ1n) is 3.68. The second-order valence-electron chi connectivity index (χ2n) is 2.45. The van der Waals surface area contributed by atoms with Gasteiger partial charge in [0.15, 0.2) is 0 Å². The summed E-state index contributed by atoms with van der Waals surface area (Å²) in [5, 5.41) is 2.37. The van der Waals surface area contributed by atoms with Crippen molar-refractivity contribution < 1.29 is 9.53 Å². The lowest BCUT2D eigenvalue weighted by Gasteiger charge is -2.02. The van der Waals surface area contributed by atoms with E-state index in [0.717, 1.165) is 5.56 Å².